The van der Waals surface area contributed by atoms with Gasteiger partial charge in [-0.15, -0.1) is 0 Å². The molecule has 0 bridgehead atoms. The van der Waals surface area contributed by atoms with E-state index >= 15 is 0 Å². The largest absolute Gasteiger partial charge is 0.465 e. The Morgan fingerprint density at radius 1 is 1.17 bits per heavy atom. The van der Waals surface area contributed by atoms with Crippen molar-refractivity contribution in [3.63, 3.8) is 0 Å². The van der Waals surface area contributed by atoms with Crippen LogP contribution in [0.3, 0.4) is 0 Å². The third kappa shape index (κ3) is 6.08. The molecular formula is C22H24F2N2O4. The number of rotatable bonds is 7. The fourth-order valence-corrected chi connectivity index (χ4v) is 3.35. The van der Waals surface area contributed by atoms with Crippen molar-refractivity contribution in [2.75, 3.05) is 33.4 Å². The van der Waals surface area contributed by atoms with Gasteiger partial charge in [-0.25, -0.2) is 13.6 Å². The average molecular weight is 418 g/mol. The summed E-state index contributed by atoms with van der Waals surface area (Å²) in [5, 5.41) is 2.85. The minimum absolute atomic E-state index is 0.135. The number of amides is 1. The van der Waals surface area contributed by atoms with Crippen molar-refractivity contribution >= 4 is 11.9 Å². The molecule has 2 aromatic carbocycles. The number of hydrogen-bond donors (Lipinski definition) is 1. The topological polar surface area (TPSA) is 67.9 Å². The van der Waals surface area contributed by atoms with E-state index in [0.29, 0.717) is 49.5 Å². The monoisotopic (exact) mass is 418 g/mol. The van der Waals surface area contributed by atoms with Gasteiger partial charge >= 0.3 is 5.97 Å². The maximum Gasteiger partial charge on any atom is 0.337 e. The summed E-state index contributed by atoms with van der Waals surface area (Å²) in [7, 11) is 1.31. The van der Waals surface area contributed by atoms with Crippen LogP contribution in [0.5, 0.6) is 0 Å². The molecule has 2 aromatic rings. The van der Waals surface area contributed by atoms with Gasteiger partial charge in [-0.2, -0.15) is 0 Å². The van der Waals surface area contributed by atoms with Gasteiger partial charge in [0.05, 0.1) is 31.8 Å². The van der Waals surface area contributed by atoms with Crippen molar-refractivity contribution < 1.29 is 27.8 Å². The first-order valence-electron chi connectivity index (χ1n) is 9.66. The molecule has 1 heterocycles. The maximum atomic E-state index is 13.4. The quantitative estimate of drug-likeness (QED) is 0.699. The van der Waals surface area contributed by atoms with E-state index in [-0.39, 0.29) is 18.4 Å². The van der Waals surface area contributed by atoms with Crippen LogP contribution in [0.4, 0.5) is 8.78 Å². The molecule has 0 saturated carbocycles. The molecule has 1 fully saturated rings. The highest BCUT2D eigenvalue weighted by molar-refractivity contribution is 5.90. The number of esters is 1. The lowest BCUT2D eigenvalue weighted by Gasteiger charge is -2.33. The lowest BCUT2D eigenvalue weighted by atomic mass is 10.1. The Labute approximate surface area is 173 Å². The van der Waals surface area contributed by atoms with Crippen LogP contribution in [0, 0.1) is 11.6 Å². The number of carbonyl (C=O) groups is 2. The smallest absolute Gasteiger partial charge is 0.337 e. The van der Waals surface area contributed by atoms with E-state index in [2.05, 4.69) is 15.0 Å². The highest BCUT2D eigenvalue weighted by Crippen LogP contribution is 2.14. The third-order valence-corrected chi connectivity index (χ3v) is 4.85. The predicted molar refractivity (Wildman–Crippen MR) is 106 cm³/mol. The number of ether oxygens (including phenoxy) is 2. The molecule has 1 N–H and O–H groups in total. The molecule has 0 aliphatic carbocycles. The first-order valence-corrected chi connectivity index (χ1v) is 9.66. The molecule has 1 saturated heterocycles. The van der Waals surface area contributed by atoms with Crippen LogP contribution in [0.1, 0.15) is 21.5 Å². The Kier molecular flexibility index (Phi) is 7.48. The normalized spacial score (nSPS) is 16.8. The van der Waals surface area contributed by atoms with Gasteiger partial charge in [0.25, 0.3) is 0 Å². The first kappa shape index (κ1) is 21.9. The van der Waals surface area contributed by atoms with Crippen LogP contribution < -0.4 is 5.32 Å². The fourth-order valence-electron chi connectivity index (χ4n) is 3.35. The fraction of sp³-hybridized carbons (Fsp3) is 0.364. The molecule has 0 radical (unpaired) electrons. The van der Waals surface area contributed by atoms with Gasteiger partial charge in [0.2, 0.25) is 5.91 Å². The van der Waals surface area contributed by atoms with E-state index in [0.717, 1.165) is 6.07 Å². The van der Waals surface area contributed by atoms with Gasteiger partial charge in [0.1, 0.15) is 0 Å². The number of hydrogen-bond acceptors (Lipinski definition) is 5. The lowest BCUT2D eigenvalue weighted by Crippen LogP contribution is -2.47. The highest BCUT2D eigenvalue weighted by Gasteiger charge is 2.21. The van der Waals surface area contributed by atoms with E-state index in [1.807, 2.05) is 0 Å². The summed E-state index contributed by atoms with van der Waals surface area (Å²) in [5.74, 6) is -2.35. The number of carbonyl (C=O) groups excluding carboxylic acids is 2. The lowest BCUT2D eigenvalue weighted by molar-refractivity contribution is -0.121. The van der Waals surface area contributed by atoms with Crippen molar-refractivity contribution in [2.45, 2.75) is 19.1 Å². The second-order valence-corrected chi connectivity index (χ2v) is 7.15. The molecule has 0 spiro atoms. The van der Waals surface area contributed by atoms with Gasteiger partial charge in [-0.05, 0) is 35.4 Å². The van der Waals surface area contributed by atoms with Gasteiger partial charge in [-0.3, -0.25) is 9.69 Å². The molecule has 0 unspecified atom stereocenters. The number of nitrogens with zero attached hydrogens (tertiary/aromatic N) is 1. The minimum atomic E-state index is -0.863. The second-order valence-electron chi connectivity index (χ2n) is 7.15. The molecular weight excluding hydrogens is 394 g/mol. The number of methoxy groups -OCH3 is 1. The van der Waals surface area contributed by atoms with Crippen molar-refractivity contribution in [1.82, 2.24) is 10.2 Å². The van der Waals surface area contributed by atoms with Crippen molar-refractivity contribution in [2.24, 2.45) is 0 Å². The molecule has 160 valence electrons. The molecule has 1 aliphatic rings. The average Bonchev–Trinajstić information content (AvgIpc) is 2.75. The Hall–Kier alpha value is -2.84. The SMILES string of the molecule is COC(=O)c1cccc(CC(=O)NC[C@H]2CN(Cc3ccc(F)c(F)c3)CCO2)c1. The number of nitrogens with one attached hydrogen (secondary N) is 1. The zero-order chi connectivity index (χ0) is 21.5. The summed E-state index contributed by atoms with van der Waals surface area (Å²) in [5.41, 5.74) is 1.79. The van der Waals surface area contributed by atoms with Crippen LogP contribution >= 0.6 is 0 Å². The first-order chi connectivity index (χ1) is 14.4. The zero-order valence-electron chi connectivity index (χ0n) is 16.7. The Balaban J connectivity index is 1.47. The van der Waals surface area contributed by atoms with E-state index in [9.17, 15) is 18.4 Å². The molecule has 1 atom stereocenters. The molecule has 6 nitrogen and oxygen atoms in total. The molecule has 0 aromatic heterocycles. The number of halogens is 2. The van der Waals surface area contributed by atoms with E-state index in [1.54, 1.807) is 30.3 Å². The minimum Gasteiger partial charge on any atom is -0.465 e. The Bertz CT molecular complexity index is 906. The van der Waals surface area contributed by atoms with Gasteiger partial charge in [-0.1, -0.05) is 18.2 Å². The van der Waals surface area contributed by atoms with E-state index < -0.39 is 17.6 Å². The van der Waals surface area contributed by atoms with Crippen LogP contribution in [0.25, 0.3) is 0 Å². The summed E-state index contributed by atoms with van der Waals surface area (Å²) >= 11 is 0. The number of morpholine rings is 1. The molecule has 1 aliphatic heterocycles. The maximum absolute atomic E-state index is 13.4. The van der Waals surface area contributed by atoms with Crippen LogP contribution in [0.15, 0.2) is 42.5 Å². The molecule has 3 rings (SSSR count). The molecule has 1 amide bonds. The van der Waals surface area contributed by atoms with Gasteiger partial charge in [0, 0.05) is 26.2 Å². The summed E-state index contributed by atoms with van der Waals surface area (Å²) in [4.78, 5) is 25.9. The summed E-state index contributed by atoms with van der Waals surface area (Å²) in [6.45, 7) is 2.54. The molecule has 30 heavy (non-hydrogen) atoms. The standard InChI is InChI=1S/C22H24F2N2O4/c1-29-22(28)17-4-2-3-15(9-17)11-21(27)25-12-18-14-26(7-8-30-18)13-16-5-6-19(23)20(24)10-16/h2-6,9-10,18H,7-8,11-14H2,1H3,(H,25,27)/t18-/m0/s1. The molecule has 8 heteroatoms. The van der Waals surface area contributed by atoms with Crippen LogP contribution in [-0.4, -0.2) is 56.2 Å². The zero-order valence-corrected chi connectivity index (χ0v) is 16.7. The van der Waals surface area contributed by atoms with Crippen molar-refractivity contribution in [1.29, 1.82) is 0 Å². The van der Waals surface area contributed by atoms with Crippen molar-refractivity contribution in [3.05, 3.63) is 70.8 Å². The third-order valence-electron chi connectivity index (χ3n) is 4.85. The number of benzene rings is 2. The highest BCUT2D eigenvalue weighted by atomic mass is 19.2. The van der Waals surface area contributed by atoms with Crippen LogP contribution in [-0.2, 0) is 27.2 Å². The second kappa shape index (κ2) is 10.3. The van der Waals surface area contributed by atoms with E-state index in [4.69, 9.17) is 4.74 Å². The summed E-state index contributed by atoms with van der Waals surface area (Å²) in [6.07, 6.45) is -0.0646. The summed E-state index contributed by atoms with van der Waals surface area (Å²) < 4.78 is 36.9. The van der Waals surface area contributed by atoms with Gasteiger partial charge < -0.3 is 14.8 Å². The van der Waals surface area contributed by atoms with E-state index in [1.165, 1.54) is 13.2 Å². The predicted octanol–water partition coefficient (Wildman–Crippen LogP) is 2.31. The van der Waals surface area contributed by atoms with Gasteiger partial charge in [0.15, 0.2) is 11.6 Å². The van der Waals surface area contributed by atoms with Crippen molar-refractivity contribution in [3.8, 4) is 0 Å². The summed E-state index contributed by atoms with van der Waals surface area (Å²) in [6, 6.07) is 10.6. The Morgan fingerprint density at radius 3 is 2.77 bits per heavy atom. The Morgan fingerprint density at radius 2 is 2.00 bits per heavy atom. The van der Waals surface area contributed by atoms with Crippen LogP contribution in [0.2, 0.25) is 0 Å².